The van der Waals surface area contributed by atoms with Crippen molar-refractivity contribution in [2.24, 2.45) is 0 Å². The molecule has 0 unspecified atom stereocenters. The van der Waals surface area contributed by atoms with E-state index in [-0.39, 0.29) is 23.1 Å². The number of ether oxygens (including phenoxy) is 4. The maximum Gasteiger partial charge on any atom is 0.328 e. The summed E-state index contributed by atoms with van der Waals surface area (Å²) >= 11 is 0.819. The van der Waals surface area contributed by atoms with Crippen molar-refractivity contribution >= 4 is 46.6 Å². The van der Waals surface area contributed by atoms with Gasteiger partial charge in [-0.15, -0.1) is 0 Å². The number of nitro benzene ring substituents is 1. The Morgan fingerprint density at radius 3 is 2.11 bits per heavy atom. The Balaban J connectivity index is 1.21. The number of imide groups is 1. The molecule has 4 heterocycles. The van der Waals surface area contributed by atoms with Crippen LogP contribution in [0.4, 0.5) is 22.4 Å². The van der Waals surface area contributed by atoms with Crippen molar-refractivity contribution in [3.63, 3.8) is 0 Å². The third-order valence-electron chi connectivity index (χ3n) is 7.23. The predicted octanol–water partition coefficient (Wildman–Crippen LogP) is 3.49. The number of morpholine rings is 2. The Bertz CT molecular complexity index is 1590. The van der Waals surface area contributed by atoms with Crippen molar-refractivity contribution in [1.29, 1.82) is 0 Å². The second kappa shape index (κ2) is 13.5. The van der Waals surface area contributed by atoms with Crippen molar-refractivity contribution in [1.82, 2.24) is 19.9 Å². The van der Waals surface area contributed by atoms with E-state index in [4.69, 9.17) is 23.9 Å². The molecule has 15 nitrogen and oxygen atoms in total. The lowest BCUT2D eigenvalue weighted by Gasteiger charge is -2.30. The zero-order valence-electron chi connectivity index (χ0n) is 24.3. The number of methoxy groups -OCH3 is 1. The highest BCUT2D eigenvalue weighted by atomic mass is 32.2. The Kier molecular flexibility index (Phi) is 9.04. The number of carbonyl (C=O) groups excluding carboxylic acids is 2. The van der Waals surface area contributed by atoms with Crippen molar-refractivity contribution in [3.05, 3.63) is 68.6 Å². The first kappa shape index (κ1) is 30.2. The van der Waals surface area contributed by atoms with Crippen molar-refractivity contribution in [2.45, 2.75) is 6.54 Å². The minimum absolute atomic E-state index is 0.000907. The standard InChI is InChI=1S/C29H29N7O8S/c1-41-23-16-20(17-24-25(37)35(29(38)45-24)18-19-2-5-21(6-3-19)36(39)40)4-7-22(23)44-28-31-26(33-8-12-42-13-9-33)30-27(32-28)34-10-14-43-15-11-34/h2-7,16-17H,8-15,18H2,1H3/b24-17-. The molecule has 2 amide bonds. The highest BCUT2D eigenvalue weighted by Crippen LogP contribution is 2.36. The summed E-state index contributed by atoms with van der Waals surface area (Å²) in [5.41, 5.74) is 1.14. The van der Waals surface area contributed by atoms with E-state index in [9.17, 15) is 19.7 Å². The topological polar surface area (TPSA) is 163 Å². The summed E-state index contributed by atoms with van der Waals surface area (Å²) in [5.74, 6) is 1.25. The molecule has 2 aromatic carbocycles. The third-order valence-corrected chi connectivity index (χ3v) is 8.13. The zero-order valence-corrected chi connectivity index (χ0v) is 25.1. The van der Waals surface area contributed by atoms with Crippen LogP contribution in [-0.2, 0) is 20.8 Å². The number of carbonyl (C=O) groups is 2. The van der Waals surface area contributed by atoms with Crippen LogP contribution in [0.15, 0.2) is 47.4 Å². The smallest absolute Gasteiger partial charge is 0.328 e. The minimum Gasteiger partial charge on any atom is -0.493 e. The van der Waals surface area contributed by atoms with Gasteiger partial charge in [0.05, 0.1) is 49.9 Å². The monoisotopic (exact) mass is 635 g/mol. The van der Waals surface area contributed by atoms with Gasteiger partial charge in [0.2, 0.25) is 11.9 Å². The molecule has 0 N–H and O–H groups in total. The number of nitro groups is 1. The molecule has 45 heavy (non-hydrogen) atoms. The fourth-order valence-electron chi connectivity index (χ4n) is 4.84. The number of hydrogen-bond acceptors (Lipinski definition) is 14. The molecular formula is C29H29N7O8S. The number of anilines is 2. The molecule has 0 aliphatic carbocycles. The zero-order chi connectivity index (χ0) is 31.3. The van der Waals surface area contributed by atoms with E-state index in [0.717, 1.165) is 16.7 Å². The summed E-state index contributed by atoms with van der Waals surface area (Å²) < 4.78 is 22.7. The lowest BCUT2D eigenvalue weighted by atomic mass is 10.1. The number of rotatable bonds is 9. The molecule has 3 aliphatic rings. The molecule has 3 aromatic rings. The van der Waals surface area contributed by atoms with Gasteiger partial charge >= 0.3 is 6.01 Å². The molecule has 3 fully saturated rings. The van der Waals surface area contributed by atoms with Gasteiger partial charge in [-0.2, -0.15) is 15.0 Å². The predicted molar refractivity (Wildman–Crippen MR) is 164 cm³/mol. The first-order valence-electron chi connectivity index (χ1n) is 14.1. The summed E-state index contributed by atoms with van der Waals surface area (Å²) in [6, 6.07) is 10.9. The van der Waals surface area contributed by atoms with Gasteiger partial charge in [-0.25, -0.2) is 0 Å². The van der Waals surface area contributed by atoms with Gasteiger partial charge in [-0.1, -0.05) is 18.2 Å². The highest BCUT2D eigenvalue weighted by Gasteiger charge is 2.35. The normalized spacial score (nSPS) is 18.1. The van der Waals surface area contributed by atoms with Crippen LogP contribution in [0, 0.1) is 10.1 Å². The van der Waals surface area contributed by atoms with E-state index in [0.29, 0.717) is 87.1 Å². The molecule has 0 radical (unpaired) electrons. The molecule has 234 valence electrons. The fourth-order valence-corrected chi connectivity index (χ4v) is 5.68. The summed E-state index contributed by atoms with van der Waals surface area (Å²) in [6.45, 7) is 4.85. The van der Waals surface area contributed by atoms with Crippen molar-refractivity contribution < 1.29 is 33.5 Å². The van der Waals surface area contributed by atoms with E-state index < -0.39 is 16.1 Å². The average Bonchev–Trinajstić information content (AvgIpc) is 3.33. The molecule has 0 saturated carbocycles. The minimum atomic E-state index is -0.507. The Morgan fingerprint density at radius 2 is 1.53 bits per heavy atom. The number of hydrogen-bond donors (Lipinski definition) is 0. The van der Waals surface area contributed by atoms with Gasteiger partial charge in [-0.3, -0.25) is 24.6 Å². The molecule has 1 aromatic heterocycles. The lowest BCUT2D eigenvalue weighted by molar-refractivity contribution is -0.384. The molecule has 3 saturated heterocycles. The number of thioether (sulfide) groups is 1. The quantitative estimate of drug-likeness (QED) is 0.191. The van der Waals surface area contributed by atoms with Gasteiger partial charge in [0, 0.05) is 38.3 Å². The van der Waals surface area contributed by atoms with E-state index in [1.807, 2.05) is 9.80 Å². The summed E-state index contributed by atoms with van der Waals surface area (Å²) in [4.78, 5) is 55.4. The second-order valence-corrected chi connectivity index (χ2v) is 11.1. The summed E-state index contributed by atoms with van der Waals surface area (Å²) in [7, 11) is 1.50. The Hall–Kier alpha value is -4.80. The van der Waals surface area contributed by atoms with Crippen LogP contribution in [0.1, 0.15) is 11.1 Å². The molecule has 0 spiro atoms. The van der Waals surface area contributed by atoms with Gasteiger partial charge in [0.25, 0.3) is 16.8 Å². The van der Waals surface area contributed by atoms with E-state index in [1.165, 1.54) is 31.4 Å². The molecule has 0 bridgehead atoms. The first-order valence-corrected chi connectivity index (χ1v) is 15.0. The molecule has 6 rings (SSSR count). The van der Waals surface area contributed by atoms with E-state index >= 15 is 0 Å². The average molecular weight is 636 g/mol. The van der Waals surface area contributed by atoms with Gasteiger partial charge in [-0.05, 0) is 41.1 Å². The van der Waals surface area contributed by atoms with E-state index in [2.05, 4.69) is 9.97 Å². The third kappa shape index (κ3) is 6.97. The van der Waals surface area contributed by atoms with Crippen LogP contribution >= 0.6 is 11.8 Å². The van der Waals surface area contributed by atoms with Crippen molar-refractivity contribution in [3.8, 4) is 17.5 Å². The number of aromatic nitrogens is 3. The first-order chi connectivity index (χ1) is 21.9. The van der Waals surface area contributed by atoms with Crippen LogP contribution in [0.25, 0.3) is 6.08 Å². The summed E-state index contributed by atoms with van der Waals surface area (Å²) in [5, 5.41) is 10.5. The van der Waals surface area contributed by atoms with Gasteiger partial charge < -0.3 is 28.7 Å². The largest absolute Gasteiger partial charge is 0.493 e. The number of nitrogens with zero attached hydrogens (tertiary/aromatic N) is 7. The molecule has 16 heteroatoms. The van der Waals surface area contributed by atoms with Crippen LogP contribution in [0.3, 0.4) is 0 Å². The van der Waals surface area contributed by atoms with Crippen LogP contribution in [-0.4, -0.2) is 95.6 Å². The molecule has 0 atom stereocenters. The number of non-ortho nitro benzene ring substituents is 1. The number of amides is 2. The maximum absolute atomic E-state index is 13.1. The maximum atomic E-state index is 13.1. The van der Waals surface area contributed by atoms with Crippen LogP contribution < -0.4 is 19.3 Å². The van der Waals surface area contributed by atoms with Crippen molar-refractivity contribution in [2.75, 3.05) is 69.5 Å². The summed E-state index contributed by atoms with van der Waals surface area (Å²) in [6.07, 6.45) is 1.60. The SMILES string of the molecule is COc1cc(/C=C2\SC(=O)N(Cc3ccc([N+](=O)[O-])cc3)C2=O)ccc1Oc1nc(N2CCOCC2)nc(N2CCOCC2)n1. The Morgan fingerprint density at radius 1 is 0.911 bits per heavy atom. The van der Waals surface area contributed by atoms with E-state index in [1.54, 1.807) is 24.3 Å². The number of benzene rings is 2. The molecule has 3 aliphatic heterocycles. The highest BCUT2D eigenvalue weighted by molar-refractivity contribution is 8.18. The van der Waals surface area contributed by atoms with Gasteiger partial charge in [0.1, 0.15) is 0 Å². The van der Waals surface area contributed by atoms with Crippen LogP contribution in [0.2, 0.25) is 0 Å². The fraction of sp³-hybridized carbons (Fsp3) is 0.345. The second-order valence-electron chi connectivity index (χ2n) is 10.1. The van der Waals surface area contributed by atoms with Crippen LogP contribution in [0.5, 0.6) is 17.5 Å². The molecular weight excluding hydrogens is 606 g/mol. The van der Waals surface area contributed by atoms with Gasteiger partial charge in [0.15, 0.2) is 11.5 Å². The lowest BCUT2D eigenvalue weighted by Crippen LogP contribution is -2.40. The Labute approximate surface area is 261 Å².